The molecule has 0 aromatic carbocycles. The molecule has 2 atom stereocenters. The number of hydrogen-bond donors (Lipinski definition) is 1. The van der Waals surface area contributed by atoms with Crippen LogP contribution in [0.25, 0.3) is 0 Å². The lowest BCUT2D eigenvalue weighted by molar-refractivity contribution is 0.385. The fraction of sp³-hybridized carbons (Fsp3) is 0.583. The standard InChI is InChI=1S/C12H17N3/c1-4-11(8-13-5-1)15-6-2-3-10-7-14-9-12(10)15/h1,4-5,8,10,12,14H,2-3,6-7,9H2/t10-,12+/m1/s1. The van der Waals surface area contributed by atoms with E-state index in [1.165, 1.54) is 31.6 Å². The second-order valence-electron chi connectivity index (χ2n) is 4.53. The number of piperidine rings is 1. The molecule has 3 heterocycles. The Morgan fingerprint density at radius 3 is 3.27 bits per heavy atom. The van der Waals surface area contributed by atoms with Gasteiger partial charge in [-0.3, -0.25) is 4.98 Å². The molecule has 1 aromatic rings. The highest BCUT2D eigenvalue weighted by Gasteiger charge is 2.34. The molecule has 2 fully saturated rings. The molecule has 2 aliphatic rings. The van der Waals surface area contributed by atoms with Crippen molar-refractivity contribution in [3.63, 3.8) is 0 Å². The van der Waals surface area contributed by atoms with Crippen molar-refractivity contribution in [2.24, 2.45) is 5.92 Å². The van der Waals surface area contributed by atoms with E-state index in [9.17, 15) is 0 Å². The zero-order valence-electron chi connectivity index (χ0n) is 8.89. The van der Waals surface area contributed by atoms with Crippen LogP contribution in [0.15, 0.2) is 24.5 Å². The topological polar surface area (TPSA) is 28.2 Å². The van der Waals surface area contributed by atoms with Gasteiger partial charge in [-0.15, -0.1) is 0 Å². The van der Waals surface area contributed by atoms with Gasteiger partial charge in [-0.1, -0.05) is 0 Å². The van der Waals surface area contributed by atoms with E-state index in [4.69, 9.17) is 0 Å². The fourth-order valence-corrected chi connectivity index (χ4v) is 2.91. The van der Waals surface area contributed by atoms with Gasteiger partial charge in [0, 0.05) is 31.9 Å². The monoisotopic (exact) mass is 203 g/mol. The van der Waals surface area contributed by atoms with Gasteiger partial charge in [-0.2, -0.15) is 0 Å². The van der Waals surface area contributed by atoms with Crippen LogP contribution in [0.4, 0.5) is 5.69 Å². The first-order valence-corrected chi connectivity index (χ1v) is 5.82. The quantitative estimate of drug-likeness (QED) is 0.745. The van der Waals surface area contributed by atoms with Crippen LogP contribution in [0.3, 0.4) is 0 Å². The summed E-state index contributed by atoms with van der Waals surface area (Å²) < 4.78 is 0. The Kier molecular flexibility index (Phi) is 2.33. The largest absolute Gasteiger partial charge is 0.366 e. The first-order valence-electron chi connectivity index (χ1n) is 5.82. The third-order valence-corrected chi connectivity index (χ3v) is 3.66. The van der Waals surface area contributed by atoms with Crippen molar-refractivity contribution in [1.29, 1.82) is 0 Å². The van der Waals surface area contributed by atoms with Crippen molar-refractivity contribution in [3.8, 4) is 0 Å². The number of fused-ring (bicyclic) bond motifs is 1. The fourth-order valence-electron chi connectivity index (χ4n) is 2.91. The number of pyridine rings is 1. The molecule has 0 spiro atoms. The molecular formula is C12H17N3. The van der Waals surface area contributed by atoms with Gasteiger partial charge in [0.05, 0.1) is 11.9 Å². The minimum atomic E-state index is 0.697. The number of nitrogens with zero attached hydrogens (tertiary/aromatic N) is 2. The predicted octanol–water partition coefficient (Wildman–Crippen LogP) is 1.27. The SMILES string of the molecule is c1cncc(N2CCC[C@@H]3CNC[C@@H]32)c1. The highest BCUT2D eigenvalue weighted by Crippen LogP contribution is 2.30. The van der Waals surface area contributed by atoms with Crippen LogP contribution in [0.5, 0.6) is 0 Å². The Hall–Kier alpha value is -1.09. The average Bonchev–Trinajstić information content (AvgIpc) is 2.78. The summed E-state index contributed by atoms with van der Waals surface area (Å²) in [7, 11) is 0. The van der Waals surface area contributed by atoms with Gasteiger partial charge < -0.3 is 10.2 Å². The summed E-state index contributed by atoms with van der Waals surface area (Å²) in [6, 6.07) is 4.90. The van der Waals surface area contributed by atoms with Crippen LogP contribution in [-0.2, 0) is 0 Å². The third kappa shape index (κ3) is 1.61. The summed E-state index contributed by atoms with van der Waals surface area (Å²) in [6.45, 7) is 3.52. The molecule has 1 aromatic heterocycles. The normalized spacial score (nSPS) is 30.3. The van der Waals surface area contributed by atoms with Crippen LogP contribution in [0.2, 0.25) is 0 Å². The summed E-state index contributed by atoms with van der Waals surface area (Å²) in [6.07, 6.45) is 6.53. The Balaban J connectivity index is 1.85. The van der Waals surface area contributed by atoms with Gasteiger partial charge in [-0.05, 0) is 30.9 Å². The third-order valence-electron chi connectivity index (χ3n) is 3.66. The molecule has 0 bridgehead atoms. The van der Waals surface area contributed by atoms with Gasteiger partial charge in [0.15, 0.2) is 0 Å². The van der Waals surface area contributed by atoms with Crippen molar-refractivity contribution in [2.45, 2.75) is 18.9 Å². The molecule has 2 saturated heterocycles. The van der Waals surface area contributed by atoms with Gasteiger partial charge >= 0.3 is 0 Å². The Morgan fingerprint density at radius 1 is 1.40 bits per heavy atom. The molecule has 3 heteroatoms. The van der Waals surface area contributed by atoms with E-state index in [1.54, 1.807) is 0 Å². The van der Waals surface area contributed by atoms with Crippen LogP contribution in [0, 0.1) is 5.92 Å². The highest BCUT2D eigenvalue weighted by atomic mass is 15.2. The summed E-state index contributed by atoms with van der Waals surface area (Å²) in [5.74, 6) is 0.846. The Morgan fingerprint density at radius 2 is 2.40 bits per heavy atom. The minimum absolute atomic E-state index is 0.697. The van der Waals surface area contributed by atoms with Crippen molar-refractivity contribution < 1.29 is 0 Å². The van der Waals surface area contributed by atoms with Gasteiger partial charge in [0.2, 0.25) is 0 Å². The molecule has 0 unspecified atom stereocenters. The molecule has 15 heavy (non-hydrogen) atoms. The molecule has 0 radical (unpaired) electrons. The van der Waals surface area contributed by atoms with Crippen molar-refractivity contribution in [2.75, 3.05) is 24.5 Å². The smallest absolute Gasteiger partial charge is 0.0555 e. The average molecular weight is 203 g/mol. The highest BCUT2D eigenvalue weighted by molar-refractivity contribution is 5.46. The van der Waals surface area contributed by atoms with Crippen LogP contribution < -0.4 is 10.2 Å². The predicted molar refractivity (Wildman–Crippen MR) is 61.0 cm³/mol. The molecule has 0 aliphatic carbocycles. The molecule has 80 valence electrons. The summed E-state index contributed by atoms with van der Waals surface area (Å²) in [5.41, 5.74) is 1.29. The van der Waals surface area contributed by atoms with E-state index in [0.29, 0.717) is 6.04 Å². The maximum Gasteiger partial charge on any atom is 0.0555 e. The molecule has 0 saturated carbocycles. The summed E-state index contributed by atoms with van der Waals surface area (Å²) in [5, 5.41) is 3.50. The maximum atomic E-state index is 4.21. The lowest BCUT2D eigenvalue weighted by atomic mass is 9.92. The van der Waals surface area contributed by atoms with Crippen LogP contribution in [-0.4, -0.2) is 30.7 Å². The van der Waals surface area contributed by atoms with E-state index >= 15 is 0 Å². The maximum absolute atomic E-state index is 4.21. The first-order chi connectivity index (χ1) is 7.45. The number of hydrogen-bond acceptors (Lipinski definition) is 3. The van der Waals surface area contributed by atoms with E-state index in [-0.39, 0.29) is 0 Å². The number of nitrogens with one attached hydrogen (secondary N) is 1. The van der Waals surface area contributed by atoms with Gasteiger partial charge in [0.1, 0.15) is 0 Å². The van der Waals surface area contributed by atoms with E-state index in [2.05, 4.69) is 21.3 Å². The zero-order chi connectivity index (χ0) is 10.1. The second kappa shape index (κ2) is 3.81. The van der Waals surface area contributed by atoms with Crippen LogP contribution in [0.1, 0.15) is 12.8 Å². The summed E-state index contributed by atoms with van der Waals surface area (Å²) in [4.78, 5) is 6.74. The molecule has 2 aliphatic heterocycles. The lowest BCUT2D eigenvalue weighted by Crippen LogP contribution is -2.45. The zero-order valence-corrected chi connectivity index (χ0v) is 8.89. The van der Waals surface area contributed by atoms with Gasteiger partial charge in [-0.25, -0.2) is 0 Å². The first kappa shape index (κ1) is 9.16. The number of anilines is 1. The lowest BCUT2D eigenvalue weighted by Gasteiger charge is -2.38. The van der Waals surface area contributed by atoms with Gasteiger partial charge in [0.25, 0.3) is 0 Å². The van der Waals surface area contributed by atoms with E-state index in [1.807, 2.05) is 18.5 Å². The molecular weight excluding hydrogens is 186 g/mol. The minimum Gasteiger partial charge on any atom is -0.366 e. The molecule has 3 rings (SSSR count). The Bertz CT molecular complexity index is 325. The van der Waals surface area contributed by atoms with Crippen molar-refractivity contribution in [1.82, 2.24) is 10.3 Å². The van der Waals surface area contributed by atoms with Crippen LogP contribution >= 0.6 is 0 Å². The number of rotatable bonds is 1. The second-order valence-corrected chi connectivity index (χ2v) is 4.53. The van der Waals surface area contributed by atoms with Crippen molar-refractivity contribution in [3.05, 3.63) is 24.5 Å². The Labute approximate surface area is 90.5 Å². The summed E-state index contributed by atoms with van der Waals surface area (Å²) >= 11 is 0. The molecule has 3 nitrogen and oxygen atoms in total. The molecule has 1 N–H and O–H groups in total. The van der Waals surface area contributed by atoms with E-state index < -0.39 is 0 Å². The van der Waals surface area contributed by atoms with E-state index in [0.717, 1.165) is 12.5 Å². The molecule has 0 amide bonds. The number of aromatic nitrogens is 1. The van der Waals surface area contributed by atoms with Crippen molar-refractivity contribution >= 4 is 5.69 Å².